The molecular weight excluding hydrogens is 278 g/mol. The lowest BCUT2D eigenvalue weighted by atomic mass is 9.95. The zero-order valence-corrected chi connectivity index (χ0v) is 12.0. The van der Waals surface area contributed by atoms with E-state index in [1.807, 2.05) is 0 Å². The first-order chi connectivity index (χ1) is 10.8. The Morgan fingerprint density at radius 2 is 0.682 bits per heavy atom. The van der Waals surface area contributed by atoms with Crippen LogP contribution in [0.25, 0.3) is 32.3 Å². The third kappa shape index (κ3) is 3.21. The molecule has 0 aliphatic carbocycles. The normalized spacial score (nSPS) is 9.82. The molecule has 110 valence electrons. The van der Waals surface area contributed by atoms with Crippen molar-refractivity contribution >= 4 is 47.7 Å². The van der Waals surface area contributed by atoms with E-state index in [1.165, 1.54) is 32.3 Å². The molecule has 0 bridgehead atoms. The lowest BCUT2D eigenvalue weighted by Gasteiger charge is -2.09. The Bertz CT molecular complexity index is 719. The largest absolute Gasteiger partial charge is 0.432 e. The minimum absolute atomic E-state index is 0.750. The molecule has 4 rings (SSSR count). The summed E-state index contributed by atoms with van der Waals surface area (Å²) in [5.74, 6) is 0. The second-order valence-corrected chi connectivity index (χ2v) is 4.57. The smallest absolute Gasteiger partial charge is 0.430 e. The lowest BCUT2D eigenvalue weighted by molar-refractivity contribution is 0.447. The van der Waals surface area contributed by atoms with Crippen molar-refractivity contribution in [3.05, 3.63) is 60.7 Å². The first-order valence-electron chi connectivity index (χ1n) is 6.82. The third-order valence-corrected chi connectivity index (χ3v) is 3.39. The van der Waals surface area contributed by atoms with Gasteiger partial charge in [-0.2, -0.15) is 0 Å². The molecule has 22 heavy (non-hydrogen) atoms. The quantitative estimate of drug-likeness (QED) is 0.289. The number of hydrogen-bond donors (Lipinski definition) is 4. The highest BCUT2D eigenvalue weighted by Crippen LogP contribution is 2.33. The topological polar surface area (TPSA) is 80.9 Å². The van der Waals surface area contributed by atoms with Crippen LogP contribution in [0, 0.1) is 0 Å². The summed E-state index contributed by atoms with van der Waals surface area (Å²) in [5, 5.41) is 36.6. The van der Waals surface area contributed by atoms with Crippen molar-refractivity contribution in [2.24, 2.45) is 0 Å². The van der Waals surface area contributed by atoms with Gasteiger partial charge in [-0.1, -0.05) is 60.7 Å². The van der Waals surface area contributed by atoms with Gasteiger partial charge >= 0.3 is 15.4 Å². The summed E-state index contributed by atoms with van der Waals surface area (Å²) in [6.45, 7) is 0. The molecule has 0 fully saturated rings. The molecule has 0 saturated carbocycles. The Kier molecular flexibility index (Phi) is 5.75. The van der Waals surface area contributed by atoms with E-state index in [-0.39, 0.29) is 0 Å². The van der Waals surface area contributed by atoms with Crippen molar-refractivity contribution in [2.75, 3.05) is 0 Å². The van der Waals surface area contributed by atoms with E-state index in [2.05, 4.69) is 60.7 Å². The molecule has 0 radical (unpaired) electrons. The standard InChI is InChI=1S/C16H10.2BH3O2/c1-3-11-7-9-13-5-2-6-14-10-8-12(4-1)15(11)16(13)14;2*2-1-3/h1-10H;2*1-3H. The molecule has 0 atom stereocenters. The highest BCUT2D eigenvalue weighted by molar-refractivity contribution is 6.22. The summed E-state index contributed by atoms with van der Waals surface area (Å²) in [5.41, 5.74) is 0. The van der Waals surface area contributed by atoms with Crippen LogP contribution >= 0.6 is 0 Å². The van der Waals surface area contributed by atoms with Gasteiger partial charge in [-0.25, -0.2) is 0 Å². The SMILES string of the molecule is OBO.OBO.c1cc2ccc3cccc4ccc(c1)c2c34. The van der Waals surface area contributed by atoms with Crippen LogP contribution in [0.15, 0.2) is 60.7 Å². The van der Waals surface area contributed by atoms with Crippen LogP contribution in [0.4, 0.5) is 0 Å². The summed E-state index contributed by atoms with van der Waals surface area (Å²) in [7, 11) is -1.50. The molecule has 0 heterocycles. The summed E-state index contributed by atoms with van der Waals surface area (Å²) >= 11 is 0. The van der Waals surface area contributed by atoms with Crippen molar-refractivity contribution in [1.29, 1.82) is 0 Å². The van der Waals surface area contributed by atoms with Gasteiger partial charge in [-0.05, 0) is 32.3 Å². The molecule has 4 nitrogen and oxygen atoms in total. The van der Waals surface area contributed by atoms with Crippen molar-refractivity contribution in [1.82, 2.24) is 0 Å². The fourth-order valence-corrected chi connectivity index (χ4v) is 2.67. The zero-order chi connectivity index (χ0) is 15.9. The molecule has 4 aromatic carbocycles. The van der Waals surface area contributed by atoms with E-state index >= 15 is 0 Å². The Balaban J connectivity index is 0.000000259. The van der Waals surface area contributed by atoms with Crippen molar-refractivity contribution in [3.8, 4) is 0 Å². The number of benzene rings is 4. The summed E-state index contributed by atoms with van der Waals surface area (Å²) in [6, 6.07) is 21.9. The Labute approximate surface area is 129 Å². The molecule has 0 aromatic heterocycles. The van der Waals surface area contributed by atoms with Crippen LogP contribution in [0.1, 0.15) is 0 Å². The maximum Gasteiger partial charge on any atom is 0.432 e. The van der Waals surface area contributed by atoms with Crippen molar-refractivity contribution in [3.63, 3.8) is 0 Å². The molecule has 4 aromatic rings. The molecule has 4 N–H and O–H groups in total. The number of hydrogen-bond acceptors (Lipinski definition) is 4. The van der Waals surface area contributed by atoms with Crippen LogP contribution in [-0.2, 0) is 0 Å². The Morgan fingerprint density at radius 3 is 0.909 bits per heavy atom. The average molecular weight is 294 g/mol. The molecule has 0 aliphatic rings. The second-order valence-electron chi connectivity index (χ2n) is 4.57. The Hall–Kier alpha value is -2.11. The molecular formula is C16H16B2O4. The highest BCUT2D eigenvalue weighted by Gasteiger charge is 2.05. The van der Waals surface area contributed by atoms with E-state index in [9.17, 15) is 0 Å². The molecule has 0 amide bonds. The minimum atomic E-state index is -0.750. The van der Waals surface area contributed by atoms with Gasteiger partial charge < -0.3 is 20.1 Å². The van der Waals surface area contributed by atoms with Gasteiger partial charge in [0.15, 0.2) is 0 Å². The summed E-state index contributed by atoms with van der Waals surface area (Å²) in [6.07, 6.45) is 0. The van der Waals surface area contributed by atoms with Crippen LogP contribution in [-0.4, -0.2) is 35.5 Å². The fourth-order valence-electron chi connectivity index (χ4n) is 2.67. The van der Waals surface area contributed by atoms with E-state index in [4.69, 9.17) is 20.1 Å². The molecule has 0 unspecified atom stereocenters. The van der Waals surface area contributed by atoms with E-state index in [0.29, 0.717) is 0 Å². The molecule has 0 aliphatic heterocycles. The minimum Gasteiger partial charge on any atom is -0.430 e. The third-order valence-electron chi connectivity index (χ3n) is 3.39. The van der Waals surface area contributed by atoms with Gasteiger partial charge in [0.05, 0.1) is 0 Å². The maximum atomic E-state index is 7.12. The van der Waals surface area contributed by atoms with E-state index < -0.39 is 15.4 Å². The summed E-state index contributed by atoms with van der Waals surface area (Å²) < 4.78 is 0. The average Bonchev–Trinajstić information content (AvgIpc) is 2.54. The fraction of sp³-hybridized carbons (Fsp3) is 0. The van der Waals surface area contributed by atoms with E-state index in [0.717, 1.165) is 0 Å². The molecule has 6 heteroatoms. The van der Waals surface area contributed by atoms with Gasteiger partial charge in [0.2, 0.25) is 0 Å². The van der Waals surface area contributed by atoms with E-state index in [1.54, 1.807) is 0 Å². The first-order valence-corrected chi connectivity index (χ1v) is 6.82. The van der Waals surface area contributed by atoms with Gasteiger partial charge in [0, 0.05) is 0 Å². The van der Waals surface area contributed by atoms with Crippen molar-refractivity contribution in [2.45, 2.75) is 0 Å². The van der Waals surface area contributed by atoms with Gasteiger partial charge in [-0.15, -0.1) is 0 Å². The highest BCUT2D eigenvalue weighted by atomic mass is 16.4. The van der Waals surface area contributed by atoms with Crippen LogP contribution < -0.4 is 0 Å². The van der Waals surface area contributed by atoms with Crippen LogP contribution in [0.2, 0.25) is 0 Å². The predicted molar refractivity (Wildman–Crippen MR) is 93.3 cm³/mol. The lowest BCUT2D eigenvalue weighted by Crippen LogP contribution is -1.82. The summed E-state index contributed by atoms with van der Waals surface area (Å²) in [4.78, 5) is 0. The van der Waals surface area contributed by atoms with Crippen LogP contribution in [0.3, 0.4) is 0 Å². The van der Waals surface area contributed by atoms with Gasteiger partial charge in [0.1, 0.15) is 0 Å². The second kappa shape index (κ2) is 7.77. The molecule has 0 spiro atoms. The van der Waals surface area contributed by atoms with Gasteiger partial charge in [-0.3, -0.25) is 0 Å². The number of rotatable bonds is 0. The molecule has 0 saturated heterocycles. The van der Waals surface area contributed by atoms with Crippen molar-refractivity contribution < 1.29 is 20.1 Å². The van der Waals surface area contributed by atoms with Gasteiger partial charge in [0.25, 0.3) is 0 Å². The van der Waals surface area contributed by atoms with Crippen LogP contribution in [0.5, 0.6) is 0 Å². The predicted octanol–water partition coefficient (Wildman–Crippen LogP) is 1.06. The monoisotopic (exact) mass is 294 g/mol. The first kappa shape index (κ1) is 16.3. The maximum absolute atomic E-state index is 7.12. The Morgan fingerprint density at radius 1 is 0.455 bits per heavy atom. The zero-order valence-electron chi connectivity index (χ0n) is 12.0.